The van der Waals surface area contributed by atoms with Crippen LogP contribution in [0.1, 0.15) is 32.1 Å². The van der Waals surface area contributed by atoms with Crippen molar-refractivity contribution in [2.24, 2.45) is 11.3 Å². The van der Waals surface area contributed by atoms with E-state index in [1.165, 1.54) is 25.7 Å². The summed E-state index contributed by atoms with van der Waals surface area (Å²) in [6, 6.07) is 2.27. The van der Waals surface area contributed by atoms with Gasteiger partial charge in [0, 0.05) is 11.8 Å². The summed E-state index contributed by atoms with van der Waals surface area (Å²) in [7, 11) is 2.00. The van der Waals surface area contributed by atoms with E-state index >= 15 is 0 Å². The van der Waals surface area contributed by atoms with Crippen molar-refractivity contribution in [3.8, 4) is 6.07 Å². The third-order valence-corrected chi connectivity index (χ3v) is 3.72. The molecule has 0 unspecified atom stereocenters. The number of rotatable bonds is 6. The molecule has 15 heavy (non-hydrogen) atoms. The molecule has 3 nitrogen and oxygen atoms in total. The lowest BCUT2D eigenvalue weighted by Gasteiger charge is -2.35. The van der Waals surface area contributed by atoms with Crippen molar-refractivity contribution in [1.82, 2.24) is 5.32 Å². The summed E-state index contributed by atoms with van der Waals surface area (Å²) < 4.78 is 5.86. The van der Waals surface area contributed by atoms with Gasteiger partial charge in [0.15, 0.2) is 0 Å². The second-order valence-electron chi connectivity index (χ2n) is 5.16. The Morgan fingerprint density at radius 2 is 2.20 bits per heavy atom. The fourth-order valence-electron chi connectivity index (χ4n) is 2.28. The van der Waals surface area contributed by atoms with Crippen molar-refractivity contribution < 1.29 is 4.74 Å². The predicted molar refractivity (Wildman–Crippen MR) is 58.3 cm³/mol. The van der Waals surface area contributed by atoms with Crippen LogP contribution in [-0.2, 0) is 4.74 Å². The Balaban J connectivity index is 1.59. The largest absolute Gasteiger partial charge is 0.378 e. The molecule has 0 atom stereocenters. The number of hydrogen-bond acceptors (Lipinski definition) is 3. The van der Waals surface area contributed by atoms with Crippen molar-refractivity contribution >= 4 is 0 Å². The van der Waals surface area contributed by atoms with E-state index in [4.69, 9.17) is 10.00 Å². The minimum absolute atomic E-state index is 0.253. The van der Waals surface area contributed by atoms with Crippen LogP contribution < -0.4 is 5.32 Å². The van der Waals surface area contributed by atoms with Crippen molar-refractivity contribution in [3.05, 3.63) is 0 Å². The molecule has 0 aromatic rings. The molecule has 0 spiro atoms. The zero-order valence-electron chi connectivity index (χ0n) is 9.46. The monoisotopic (exact) mass is 208 g/mol. The van der Waals surface area contributed by atoms with Crippen molar-refractivity contribution in [1.29, 1.82) is 5.26 Å². The highest BCUT2D eigenvalue weighted by atomic mass is 16.5. The van der Waals surface area contributed by atoms with E-state index in [9.17, 15) is 0 Å². The quantitative estimate of drug-likeness (QED) is 0.722. The molecule has 0 saturated heterocycles. The van der Waals surface area contributed by atoms with Gasteiger partial charge >= 0.3 is 0 Å². The molecule has 0 aromatic carbocycles. The fourth-order valence-corrected chi connectivity index (χ4v) is 2.28. The van der Waals surface area contributed by atoms with Gasteiger partial charge in [0.2, 0.25) is 0 Å². The first-order valence-corrected chi connectivity index (χ1v) is 5.91. The molecule has 2 saturated carbocycles. The Bertz CT molecular complexity index is 249. The maximum atomic E-state index is 8.68. The Morgan fingerprint density at radius 1 is 1.47 bits per heavy atom. The van der Waals surface area contributed by atoms with Gasteiger partial charge in [0.1, 0.15) is 0 Å². The highest BCUT2D eigenvalue weighted by Crippen LogP contribution is 2.49. The Morgan fingerprint density at radius 3 is 2.73 bits per heavy atom. The normalized spacial score (nSPS) is 31.7. The standard InChI is InChI=1S/C12H20N2O/c1-14-8-10-6-11(7-10)15-9-12(2-3-12)4-5-13/h10-11,14H,2-4,6-9H2,1H3. The SMILES string of the molecule is CNCC1CC(OCC2(CC#N)CC2)C1. The average molecular weight is 208 g/mol. The smallest absolute Gasteiger partial charge is 0.0628 e. The van der Waals surface area contributed by atoms with E-state index < -0.39 is 0 Å². The van der Waals surface area contributed by atoms with Crippen LogP contribution >= 0.6 is 0 Å². The van der Waals surface area contributed by atoms with Gasteiger partial charge in [0.25, 0.3) is 0 Å². The molecule has 0 heterocycles. The van der Waals surface area contributed by atoms with E-state index in [1.807, 2.05) is 7.05 Å². The maximum absolute atomic E-state index is 8.68. The fraction of sp³-hybridized carbons (Fsp3) is 0.917. The number of hydrogen-bond donors (Lipinski definition) is 1. The van der Waals surface area contributed by atoms with Gasteiger partial charge in [-0.1, -0.05) is 0 Å². The molecule has 0 aliphatic heterocycles. The summed E-state index contributed by atoms with van der Waals surface area (Å²) >= 11 is 0. The molecule has 0 radical (unpaired) electrons. The van der Waals surface area contributed by atoms with Crippen molar-refractivity contribution in [2.45, 2.75) is 38.2 Å². The number of ether oxygens (including phenoxy) is 1. The van der Waals surface area contributed by atoms with Gasteiger partial charge < -0.3 is 10.1 Å². The Labute approximate surface area is 91.8 Å². The van der Waals surface area contributed by atoms with E-state index in [0.29, 0.717) is 12.5 Å². The van der Waals surface area contributed by atoms with E-state index in [1.54, 1.807) is 0 Å². The molecule has 2 fully saturated rings. The Kier molecular flexibility index (Phi) is 3.28. The zero-order valence-corrected chi connectivity index (χ0v) is 9.46. The molecule has 2 aliphatic carbocycles. The van der Waals surface area contributed by atoms with Gasteiger partial charge in [0.05, 0.1) is 18.8 Å². The van der Waals surface area contributed by atoms with Crippen LogP contribution in [0.25, 0.3) is 0 Å². The third kappa shape index (κ3) is 2.70. The molecule has 2 aliphatic rings. The molecule has 1 N–H and O–H groups in total. The highest BCUT2D eigenvalue weighted by Gasteiger charge is 2.44. The lowest BCUT2D eigenvalue weighted by molar-refractivity contribution is -0.0477. The lowest BCUT2D eigenvalue weighted by Crippen LogP contribution is -2.37. The van der Waals surface area contributed by atoms with E-state index in [-0.39, 0.29) is 5.41 Å². The summed E-state index contributed by atoms with van der Waals surface area (Å²) in [6.07, 6.45) is 5.92. The molecule has 0 amide bonds. The highest BCUT2D eigenvalue weighted by molar-refractivity contribution is 4.99. The predicted octanol–water partition coefficient (Wildman–Crippen LogP) is 1.69. The molecular formula is C12H20N2O. The van der Waals surface area contributed by atoms with E-state index in [0.717, 1.165) is 19.1 Å². The van der Waals surface area contributed by atoms with Crippen LogP contribution in [0.3, 0.4) is 0 Å². The second kappa shape index (κ2) is 4.51. The van der Waals surface area contributed by atoms with Crippen LogP contribution in [0.2, 0.25) is 0 Å². The van der Waals surface area contributed by atoms with Gasteiger partial charge in [-0.25, -0.2) is 0 Å². The average Bonchev–Trinajstić information content (AvgIpc) is 2.90. The first kappa shape index (κ1) is 10.9. The lowest BCUT2D eigenvalue weighted by atomic mass is 9.82. The van der Waals surface area contributed by atoms with Crippen LogP contribution in [0.5, 0.6) is 0 Å². The number of nitrogens with zero attached hydrogens (tertiary/aromatic N) is 1. The topological polar surface area (TPSA) is 45.0 Å². The van der Waals surface area contributed by atoms with Gasteiger partial charge in [-0.3, -0.25) is 0 Å². The summed E-state index contributed by atoms with van der Waals surface area (Å²) in [6.45, 7) is 1.93. The number of nitrogens with one attached hydrogen (secondary N) is 1. The van der Waals surface area contributed by atoms with Crippen LogP contribution in [0.4, 0.5) is 0 Å². The summed E-state index contributed by atoms with van der Waals surface area (Å²) in [5.41, 5.74) is 0.253. The van der Waals surface area contributed by atoms with Crippen molar-refractivity contribution in [3.63, 3.8) is 0 Å². The molecule has 84 valence electrons. The first-order chi connectivity index (χ1) is 7.28. The van der Waals surface area contributed by atoms with Crippen molar-refractivity contribution in [2.75, 3.05) is 20.2 Å². The molecule has 0 aromatic heterocycles. The summed E-state index contributed by atoms with van der Waals surface area (Å²) in [5.74, 6) is 0.811. The third-order valence-electron chi connectivity index (χ3n) is 3.72. The molecule has 3 heteroatoms. The maximum Gasteiger partial charge on any atom is 0.0628 e. The van der Waals surface area contributed by atoms with Gasteiger partial charge in [-0.15, -0.1) is 0 Å². The van der Waals surface area contributed by atoms with Gasteiger partial charge in [-0.05, 0) is 45.2 Å². The van der Waals surface area contributed by atoms with Crippen LogP contribution in [0, 0.1) is 22.7 Å². The second-order valence-corrected chi connectivity index (χ2v) is 5.16. The zero-order chi connectivity index (χ0) is 10.7. The van der Waals surface area contributed by atoms with E-state index in [2.05, 4.69) is 11.4 Å². The van der Waals surface area contributed by atoms with Gasteiger partial charge in [-0.2, -0.15) is 5.26 Å². The molecule has 2 rings (SSSR count). The summed E-state index contributed by atoms with van der Waals surface area (Å²) in [5, 5.41) is 11.9. The Hall–Kier alpha value is -0.590. The minimum Gasteiger partial charge on any atom is -0.378 e. The number of nitriles is 1. The summed E-state index contributed by atoms with van der Waals surface area (Å²) in [4.78, 5) is 0. The first-order valence-electron chi connectivity index (χ1n) is 5.91. The van der Waals surface area contributed by atoms with Crippen LogP contribution in [-0.4, -0.2) is 26.3 Å². The minimum atomic E-state index is 0.253. The van der Waals surface area contributed by atoms with Crippen LogP contribution in [0.15, 0.2) is 0 Å². The molecular weight excluding hydrogens is 188 g/mol. The molecule has 0 bridgehead atoms.